The fraction of sp³-hybridized carbons (Fsp3) is 0.364. The Labute approximate surface area is 189 Å². The molecule has 1 saturated heterocycles. The number of anilines is 1. The van der Waals surface area contributed by atoms with Crippen molar-refractivity contribution in [1.82, 2.24) is 24.8 Å². The molecule has 0 bridgehead atoms. The Morgan fingerprint density at radius 2 is 2.31 bits per heavy atom. The van der Waals surface area contributed by atoms with Gasteiger partial charge in [0, 0.05) is 49.1 Å². The molecule has 0 aromatic carbocycles. The minimum atomic E-state index is -0.501. The van der Waals surface area contributed by atoms with Crippen molar-refractivity contribution in [3.05, 3.63) is 47.6 Å². The van der Waals surface area contributed by atoms with Crippen LogP contribution < -0.4 is 5.32 Å². The summed E-state index contributed by atoms with van der Waals surface area (Å²) in [5, 5.41) is 4.43. The number of carbonyl (C=O) groups is 1. The topological polar surface area (TPSA) is 96.0 Å². The molecule has 3 aromatic rings. The van der Waals surface area contributed by atoms with E-state index in [1.54, 1.807) is 24.5 Å². The van der Waals surface area contributed by atoms with Crippen molar-refractivity contribution in [1.29, 1.82) is 0 Å². The molecule has 0 aliphatic carbocycles. The number of ether oxygens (including phenoxy) is 1. The molecular formula is C22H24ClFN6O2. The SMILES string of the molecule is COC(=O)/C=C/CN1CCC[C@@H](CNc2nc(-c3c[nH]c4ncc(Cl)cc34)ncc2F)C1. The Morgan fingerprint density at radius 1 is 1.44 bits per heavy atom. The average Bonchev–Trinajstić information content (AvgIpc) is 3.21. The Kier molecular flexibility index (Phi) is 6.96. The van der Waals surface area contributed by atoms with Crippen LogP contribution in [0, 0.1) is 11.7 Å². The van der Waals surface area contributed by atoms with Crippen molar-refractivity contribution >= 4 is 34.4 Å². The molecule has 0 saturated carbocycles. The van der Waals surface area contributed by atoms with Crippen molar-refractivity contribution in [2.24, 2.45) is 5.92 Å². The van der Waals surface area contributed by atoms with Crippen LogP contribution in [0.1, 0.15) is 12.8 Å². The Balaban J connectivity index is 1.42. The van der Waals surface area contributed by atoms with E-state index in [-0.39, 0.29) is 11.8 Å². The lowest BCUT2D eigenvalue weighted by molar-refractivity contribution is -0.134. The highest BCUT2D eigenvalue weighted by molar-refractivity contribution is 6.31. The summed E-state index contributed by atoms with van der Waals surface area (Å²) in [4.78, 5) is 29.3. The van der Waals surface area contributed by atoms with E-state index in [0.717, 1.165) is 31.3 Å². The van der Waals surface area contributed by atoms with Crippen molar-refractivity contribution in [2.45, 2.75) is 12.8 Å². The van der Waals surface area contributed by atoms with Crippen LogP contribution in [0.4, 0.5) is 10.2 Å². The van der Waals surface area contributed by atoms with Crippen LogP contribution in [-0.4, -0.2) is 64.1 Å². The number of piperidine rings is 1. The van der Waals surface area contributed by atoms with Gasteiger partial charge in [-0.1, -0.05) is 17.7 Å². The molecule has 1 atom stereocenters. The summed E-state index contributed by atoms with van der Waals surface area (Å²) in [6, 6.07) is 1.78. The zero-order valence-electron chi connectivity index (χ0n) is 17.6. The van der Waals surface area contributed by atoms with Crippen LogP contribution in [0.25, 0.3) is 22.4 Å². The first-order valence-electron chi connectivity index (χ1n) is 10.4. The number of esters is 1. The predicted octanol–water partition coefficient (Wildman–Crippen LogP) is 3.67. The molecule has 1 fully saturated rings. The highest BCUT2D eigenvalue weighted by atomic mass is 35.5. The smallest absolute Gasteiger partial charge is 0.330 e. The van der Waals surface area contributed by atoms with E-state index in [9.17, 15) is 9.18 Å². The van der Waals surface area contributed by atoms with E-state index in [4.69, 9.17) is 11.6 Å². The molecule has 8 nitrogen and oxygen atoms in total. The van der Waals surface area contributed by atoms with E-state index in [0.29, 0.717) is 41.1 Å². The Hall–Kier alpha value is -3.04. The highest BCUT2D eigenvalue weighted by Crippen LogP contribution is 2.28. The maximum absolute atomic E-state index is 14.4. The number of nitrogens with zero attached hydrogens (tertiary/aromatic N) is 4. The van der Waals surface area contributed by atoms with Gasteiger partial charge >= 0.3 is 5.97 Å². The van der Waals surface area contributed by atoms with Gasteiger partial charge in [0.05, 0.1) is 18.3 Å². The van der Waals surface area contributed by atoms with Crippen LogP contribution in [0.15, 0.2) is 36.8 Å². The van der Waals surface area contributed by atoms with Gasteiger partial charge in [-0.15, -0.1) is 0 Å². The number of pyridine rings is 1. The second-order valence-corrected chi connectivity index (χ2v) is 8.15. The van der Waals surface area contributed by atoms with E-state index < -0.39 is 5.82 Å². The fourth-order valence-electron chi connectivity index (χ4n) is 3.87. The summed E-state index contributed by atoms with van der Waals surface area (Å²) in [5.41, 5.74) is 1.37. The maximum Gasteiger partial charge on any atom is 0.330 e. The lowest BCUT2D eigenvalue weighted by Gasteiger charge is -2.32. The summed E-state index contributed by atoms with van der Waals surface area (Å²) in [5.74, 6) is 0.0376. The van der Waals surface area contributed by atoms with E-state index >= 15 is 0 Å². The summed E-state index contributed by atoms with van der Waals surface area (Å²) in [6.45, 7) is 3.08. The predicted molar refractivity (Wildman–Crippen MR) is 121 cm³/mol. The largest absolute Gasteiger partial charge is 0.466 e. The van der Waals surface area contributed by atoms with E-state index in [2.05, 4.69) is 34.9 Å². The Bertz CT molecular complexity index is 1130. The molecule has 168 valence electrons. The van der Waals surface area contributed by atoms with Gasteiger partial charge in [0.25, 0.3) is 0 Å². The van der Waals surface area contributed by atoms with Crippen molar-refractivity contribution in [3.8, 4) is 11.4 Å². The van der Waals surface area contributed by atoms with Crippen LogP contribution in [0.5, 0.6) is 0 Å². The van der Waals surface area contributed by atoms with Crippen LogP contribution in [-0.2, 0) is 9.53 Å². The van der Waals surface area contributed by atoms with Crippen LogP contribution in [0.3, 0.4) is 0 Å². The highest BCUT2D eigenvalue weighted by Gasteiger charge is 2.20. The van der Waals surface area contributed by atoms with Crippen molar-refractivity contribution in [2.75, 3.05) is 38.6 Å². The third kappa shape index (κ3) is 5.23. The van der Waals surface area contributed by atoms with Crippen molar-refractivity contribution < 1.29 is 13.9 Å². The zero-order valence-corrected chi connectivity index (χ0v) is 18.4. The van der Waals surface area contributed by atoms with E-state index in [1.807, 2.05) is 0 Å². The van der Waals surface area contributed by atoms with Gasteiger partial charge in [0.15, 0.2) is 17.5 Å². The molecule has 1 aliphatic heterocycles. The van der Waals surface area contributed by atoms with Gasteiger partial charge < -0.3 is 15.0 Å². The number of H-pyrrole nitrogens is 1. The maximum atomic E-state index is 14.4. The molecule has 0 radical (unpaired) electrons. The fourth-order valence-corrected chi connectivity index (χ4v) is 4.03. The number of fused-ring (bicyclic) bond motifs is 1. The summed E-state index contributed by atoms with van der Waals surface area (Å²) in [7, 11) is 1.36. The van der Waals surface area contributed by atoms with Gasteiger partial charge in [-0.2, -0.15) is 0 Å². The number of halogens is 2. The first-order valence-corrected chi connectivity index (χ1v) is 10.8. The monoisotopic (exact) mass is 458 g/mol. The van der Waals surface area contributed by atoms with Gasteiger partial charge in [0.1, 0.15) is 5.65 Å². The summed E-state index contributed by atoms with van der Waals surface area (Å²) in [6.07, 6.45) is 9.79. The third-order valence-electron chi connectivity index (χ3n) is 5.46. The molecule has 4 rings (SSSR count). The van der Waals surface area contributed by atoms with Gasteiger partial charge in [-0.3, -0.25) is 4.90 Å². The molecule has 32 heavy (non-hydrogen) atoms. The summed E-state index contributed by atoms with van der Waals surface area (Å²) < 4.78 is 19.0. The van der Waals surface area contributed by atoms with Crippen molar-refractivity contribution in [3.63, 3.8) is 0 Å². The second-order valence-electron chi connectivity index (χ2n) is 7.72. The Morgan fingerprint density at radius 3 is 3.16 bits per heavy atom. The molecule has 1 aliphatic rings. The lowest BCUT2D eigenvalue weighted by Crippen LogP contribution is -2.38. The molecular weight excluding hydrogens is 435 g/mol. The van der Waals surface area contributed by atoms with Gasteiger partial charge in [-0.05, 0) is 31.4 Å². The standard InChI is InChI=1S/C22H24ClFN6O2/c1-32-19(31)5-3-7-30-6-2-4-14(13-30)9-25-22-18(24)12-28-21(29-22)17-11-27-20-16(17)8-15(23)10-26-20/h3,5,8,10-12,14H,2,4,6-7,9,13H2,1H3,(H,26,27)(H,25,28,29)/b5-3+/t14-/m0/s1. The first kappa shape index (κ1) is 22.2. The van der Waals surface area contributed by atoms with E-state index in [1.165, 1.54) is 19.4 Å². The number of nitrogens with one attached hydrogen (secondary N) is 2. The number of aromatic nitrogens is 4. The molecule has 0 unspecified atom stereocenters. The molecule has 4 heterocycles. The van der Waals surface area contributed by atoms with Crippen LogP contribution >= 0.6 is 11.6 Å². The molecule has 0 amide bonds. The molecule has 10 heteroatoms. The van der Waals surface area contributed by atoms with Gasteiger partial charge in [-0.25, -0.2) is 24.1 Å². The molecule has 2 N–H and O–H groups in total. The average molecular weight is 459 g/mol. The number of methoxy groups -OCH3 is 1. The minimum Gasteiger partial charge on any atom is -0.466 e. The number of hydrogen-bond acceptors (Lipinski definition) is 7. The minimum absolute atomic E-state index is 0.169. The van der Waals surface area contributed by atoms with Gasteiger partial charge in [0.2, 0.25) is 0 Å². The zero-order chi connectivity index (χ0) is 22.5. The van der Waals surface area contributed by atoms with Crippen LogP contribution in [0.2, 0.25) is 5.02 Å². The third-order valence-corrected chi connectivity index (χ3v) is 5.67. The second kappa shape index (κ2) is 10.1. The number of aromatic amines is 1. The number of likely N-dealkylation sites (tertiary alicyclic amines) is 1. The lowest BCUT2D eigenvalue weighted by atomic mass is 9.98. The quantitative estimate of drug-likeness (QED) is 0.412. The number of carbonyl (C=O) groups excluding carboxylic acids is 1. The number of rotatable bonds is 7. The first-order chi connectivity index (χ1) is 15.5. The molecule has 3 aromatic heterocycles. The molecule has 0 spiro atoms. The number of hydrogen-bond donors (Lipinski definition) is 2. The normalized spacial score (nSPS) is 17.2. The summed E-state index contributed by atoms with van der Waals surface area (Å²) >= 11 is 6.07.